The first-order valence-corrected chi connectivity index (χ1v) is 13.9. The van der Waals surface area contributed by atoms with Gasteiger partial charge in [0.05, 0.1) is 12.9 Å². The van der Waals surface area contributed by atoms with Crippen LogP contribution in [0.1, 0.15) is 27.0 Å². The van der Waals surface area contributed by atoms with Gasteiger partial charge in [-0.25, -0.2) is 0 Å². The number of para-hydroxylation sites is 1. The lowest BCUT2D eigenvalue weighted by atomic mass is 10.1. The van der Waals surface area contributed by atoms with Gasteiger partial charge < -0.3 is 20.7 Å². The van der Waals surface area contributed by atoms with Crippen molar-refractivity contribution >= 4 is 46.9 Å². The highest BCUT2D eigenvalue weighted by molar-refractivity contribution is 8.00. The van der Waals surface area contributed by atoms with Gasteiger partial charge in [-0.05, 0) is 79.6 Å². The lowest BCUT2D eigenvalue weighted by molar-refractivity contribution is -0.114. The molecule has 4 aromatic rings. The Morgan fingerprint density at radius 3 is 2.24 bits per heavy atom. The molecular formula is C33H31N3O4S. The van der Waals surface area contributed by atoms with Crippen LogP contribution in [0, 0.1) is 13.8 Å². The average Bonchev–Trinajstić information content (AvgIpc) is 2.99. The molecule has 0 radical (unpaired) electrons. The number of hydrogen-bond acceptors (Lipinski definition) is 5. The second-order valence-electron chi connectivity index (χ2n) is 9.18. The molecule has 0 saturated carbocycles. The second-order valence-corrected chi connectivity index (χ2v) is 10.2. The highest BCUT2D eigenvalue weighted by Gasteiger charge is 2.16. The van der Waals surface area contributed by atoms with Crippen molar-refractivity contribution in [1.82, 2.24) is 5.32 Å². The Bertz CT molecular complexity index is 1570. The van der Waals surface area contributed by atoms with Crippen LogP contribution < -0.4 is 20.7 Å². The monoisotopic (exact) mass is 565 g/mol. The van der Waals surface area contributed by atoms with Crippen molar-refractivity contribution in [2.24, 2.45) is 0 Å². The molecule has 208 valence electrons. The van der Waals surface area contributed by atoms with Gasteiger partial charge in [-0.1, -0.05) is 48.5 Å². The first-order valence-electron chi connectivity index (χ1n) is 13.0. The predicted octanol–water partition coefficient (Wildman–Crippen LogP) is 6.45. The molecule has 0 atom stereocenters. The third-order valence-electron chi connectivity index (χ3n) is 6.33. The van der Waals surface area contributed by atoms with Gasteiger partial charge in [-0.3, -0.25) is 14.4 Å². The van der Waals surface area contributed by atoms with Crippen molar-refractivity contribution in [1.29, 1.82) is 0 Å². The van der Waals surface area contributed by atoms with Gasteiger partial charge in [-0.15, -0.1) is 11.8 Å². The van der Waals surface area contributed by atoms with E-state index in [2.05, 4.69) is 16.0 Å². The number of anilines is 2. The Balaban J connectivity index is 1.43. The van der Waals surface area contributed by atoms with Gasteiger partial charge >= 0.3 is 0 Å². The van der Waals surface area contributed by atoms with Crippen LogP contribution in [0.25, 0.3) is 6.08 Å². The minimum Gasteiger partial charge on any atom is -0.496 e. The lowest BCUT2D eigenvalue weighted by Crippen LogP contribution is -2.30. The number of methoxy groups -OCH3 is 1. The van der Waals surface area contributed by atoms with Crippen LogP contribution >= 0.6 is 11.8 Å². The molecule has 0 saturated heterocycles. The number of hydrogen-bond donors (Lipinski definition) is 3. The van der Waals surface area contributed by atoms with E-state index < -0.39 is 11.8 Å². The summed E-state index contributed by atoms with van der Waals surface area (Å²) in [6, 6.07) is 28.9. The summed E-state index contributed by atoms with van der Waals surface area (Å²) in [5.74, 6) is -0.187. The molecule has 4 aromatic carbocycles. The van der Waals surface area contributed by atoms with E-state index in [9.17, 15) is 14.4 Å². The molecule has 0 unspecified atom stereocenters. The Labute approximate surface area is 244 Å². The molecule has 3 N–H and O–H groups in total. The molecule has 0 aliphatic heterocycles. The summed E-state index contributed by atoms with van der Waals surface area (Å²) in [5.41, 5.74) is 4.64. The molecule has 0 aromatic heterocycles. The van der Waals surface area contributed by atoms with E-state index in [1.54, 1.807) is 61.7 Å². The molecule has 41 heavy (non-hydrogen) atoms. The van der Waals surface area contributed by atoms with Gasteiger partial charge in [-0.2, -0.15) is 0 Å². The summed E-state index contributed by atoms with van der Waals surface area (Å²) in [7, 11) is 1.54. The SMILES string of the molecule is COc1ccccc1/C=C(\NC(=O)c1ccccc1)C(=O)Nc1ccc(SCC(=O)Nc2cccc(C)c2C)cc1. The first kappa shape index (κ1) is 29.2. The highest BCUT2D eigenvalue weighted by atomic mass is 32.2. The van der Waals surface area contributed by atoms with Crippen molar-refractivity contribution in [3.8, 4) is 5.75 Å². The fourth-order valence-electron chi connectivity index (χ4n) is 3.94. The maximum Gasteiger partial charge on any atom is 0.272 e. The topological polar surface area (TPSA) is 96.5 Å². The minimum atomic E-state index is -0.492. The van der Waals surface area contributed by atoms with Crippen LogP contribution in [0.4, 0.5) is 11.4 Å². The Morgan fingerprint density at radius 2 is 1.51 bits per heavy atom. The zero-order valence-corrected chi connectivity index (χ0v) is 23.9. The van der Waals surface area contributed by atoms with E-state index in [0.717, 1.165) is 21.7 Å². The van der Waals surface area contributed by atoms with Crippen LogP contribution in [0.2, 0.25) is 0 Å². The summed E-state index contributed by atoms with van der Waals surface area (Å²) < 4.78 is 5.41. The van der Waals surface area contributed by atoms with Crippen LogP contribution in [0.15, 0.2) is 108 Å². The van der Waals surface area contributed by atoms with Gasteiger partial charge in [0, 0.05) is 27.4 Å². The highest BCUT2D eigenvalue weighted by Crippen LogP contribution is 2.24. The second kappa shape index (κ2) is 14.0. The largest absolute Gasteiger partial charge is 0.496 e. The molecule has 7 nitrogen and oxygen atoms in total. The standard InChI is InChI=1S/C33H31N3O4S/c1-22-10-9-14-28(23(22)2)35-31(37)21-41-27-18-16-26(17-19-27)34-33(39)29(20-25-13-7-8-15-30(25)40-3)36-32(38)24-11-5-4-6-12-24/h4-20H,21H2,1-3H3,(H,34,39)(H,35,37)(H,36,38)/b29-20-. The quantitative estimate of drug-likeness (QED) is 0.152. The fourth-order valence-corrected chi connectivity index (χ4v) is 4.64. The summed E-state index contributed by atoms with van der Waals surface area (Å²) in [4.78, 5) is 39.6. The van der Waals surface area contributed by atoms with E-state index >= 15 is 0 Å². The molecule has 8 heteroatoms. The minimum absolute atomic E-state index is 0.0601. The van der Waals surface area contributed by atoms with E-state index in [1.165, 1.54) is 11.8 Å². The molecular weight excluding hydrogens is 534 g/mol. The number of carbonyl (C=O) groups is 3. The van der Waals surface area contributed by atoms with Gasteiger partial charge in [0.25, 0.3) is 11.8 Å². The van der Waals surface area contributed by atoms with Crippen molar-refractivity contribution in [3.63, 3.8) is 0 Å². The van der Waals surface area contributed by atoms with E-state index in [4.69, 9.17) is 4.74 Å². The van der Waals surface area contributed by atoms with Crippen molar-refractivity contribution in [3.05, 3.63) is 125 Å². The van der Waals surface area contributed by atoms with Crippen LogP contribution in [0.3, 0.4) is 0 Å². The maximum absolute atomic E-state index is 13.3. The summed E-state index contributed by atoms with van der Waals surface area (Å²) in [6.45, 7) is 3.99. The molecule has 0 fully saturated rings. The van der Waals surface area contributed by atoms with Crippen LogP contribution in [-0.4, -0.2) is 30.6 Å². The molecule has 0 bridgehead atoms. The number of thioether (sulfide) groups is 1. The molecule has 0 heterocycles. The summed E-state index contributed by atoms with van der Waals surface area (Å²) in [6.07, 6.45) is 1.58. The van der Waals surface area contributed by atoms with Gasteiger partial charge in [0.1, 0.15) is 11.4 Å². The van der Waals surface area contributed by atoms with E-state index in [-0.39, 0.29) is 17.4 Å². The van der Waals surface area contributed by atoms with Crippen molar-refractivity contribution in [2.75, 3.05) is 23.5 Å². The molecule has 0 spiro atoms. The van der Waals surface area contributed by atoms with Gasteiger partial charge in [0.2, 0.25) is 5.91 Å². The fraction of sp³-hybridized carbons (Fsp3) is 0.121. The zero-order chi connectivity index (χ0) is 29.2. The van der Waals surface area contributed by atoms with Crippen molar-refractivity contribution in [2.45, 2.75) is 18.7 Å². The summed E-state index contributed by atoms with van der Waals surface area (Å²) >= 11 is 1.40. The summed E-state index contributed by atoms with van der Waals surface area (Å²) in [5, 5.41) is 8.53. The normalized spacial score (nSPS) is 11.0. The molecule has 3 amide bonds. The number of benzene rings is 4. The lowest BCUT2D eigenvalue weighted by Gasteiger charge is -2.13. The third kappa shape index (κ3) is 8.09. The first-order chi connectivity index (χ1) is 19.8. The van der Waals surface area contributed by atoms with Crippen LogP contribution in [-0.2, 0) is 9.59 Å². The maximum atomic E-state index is 13.3. The number of nitrogens with one attached hydrogen (secondary N) is 3. The number of ether oxygens (including phenoxy) is 1. The Morgan fingerprint density at radius 1 is 0.805 bits per heavy atom. The number of rotatable bonds is 10. The smallest absolute Gasteiger partial charge is 0.272 e. The van der Waals surface area contributed by atoms with Crippen molar-refractivity contribution < 1.29 is 19.1 Å². The average molecular weight is 566 g/mol. The molecule has 4 rings (SSSR count). The number of aryl methyl sites for hydroxylation is 1. The van der Waals surface area contributed by atoms with Gasteiger partial charge in [0.15, 0.2) is 0 Å². The predicted molar refractivity (Wildman–Crippen MR) is 165 cm³/mol. The molecule has 0 aliphatic carbocycles. The Hall–Kier alpha value is -4.82. The zero-order valence-electron chi connectivity index (χ0n) is 23.1. The third-order valence-corrected chi connectivity index (χ3v) is 7.34. The number of carbonyl (C=O) groups excluding carboxylic acids is 3. The Kier molecular flexibility index (Phi) is 9.96. The van der Waals surface area contributed by atoms with E-state index in [1.807, 2.05) is 62.4 Å². The van der Waals surface area contributed by atoms with Crippen LogP contribution in [0.5, 0.6) is 5.75 Å². The van der Waals surface area contributed by atoms with E-state index in [0.29, 0.717) is 22.6 Å². The number of amides is 3. The molecule has 0 aliphatic rings.